The van der Waals surface area contributed by atoms with Gasteiger partial charge in [0.2, 0.25) is 5.91 Å². The summed E-state index contributed by atoms with van der Waals surface area (Å²) in [6.45, 7) is 9.85. The summed E-state index contributed by atoms with van der Waals surface area (Å²) in [4.78, 5) is 25.3. The van der Waals surface area contributed by atoms with E-state index in [1.165, 1.54) is 13.8 Å². The molecule has 1 aromatic carbocycles. The Morgan fingerprint density at radius 1 is 1.20 bits per heavy atom. The summed E-state index contributed by atoms with van der Waals surface area (Å²) in [6.07, 6.45) is 0. The highest BCUT2D eigenvalue weighted by molar-refractivity contribution is 5.90. The third-order valence-electron chi connectivity index (χ3n) is 3.63. The third-order valence-corrected chi connectivity index (χ3v) is 3.63. The van der Waals surface area contributed by atoms with Crippen molar-refractivity contribution in [2.75, 3.05) is 11.9 Å². The first-order chi connectivity index (χ1) is 9.30. The number of anilines is 1. The zero-order chi connectivity index (χ0) is 15.3. The Morgan fingerprint density at radius 2 is 1.80 bits per heavy atom. The summed E-state index contributed by atoms with van der Waals surface area (Å²) in [5.41, 5.74) is 1.21. The highest BCUT2D eigenvalue weighted by Crippen LogP contribution is 2.23. The second-order valence-corrected chi connectivity index (χ2v) is 5.41. The van der Waals surface area contributed by atoms with E-state index in [1.807, 2.05) is 31.2 Å². The van der Waals surface area contributed by atoms with E-state index in [4.69, 9.17) is 0 Å². The van der Waals surface area contributed by atoms with Gasteiger partial charge in [-0.25, -0.2) is 0 Å². The van der Waals surface area contributed by atoms with Crippen molar-refractivity contribution >= 4 is 17.4 Å². The number of benzene rings is 1. The number of Topliss-reactive ketones (excluding diaryl/α,β-unsaturated/α-hetero) is 1. The van der Waals surface area contributed by atoms with Gasteiger partial charge >= 0.3 is 0 Å². The van der Waals surface area contributed by atoms with Gasteiger partial charge in [-0.3, -0.25) is 9.59 Å². The maximum atomic E-state index is 11.9. The molecule has 0 aliphatic carbocycles. The number of rotatable bonds is 6. The molecule has 20 heavy (non-hydrogen) atoms. The van der Waals surface area contributed by atoms with Crippen LogP contribution < -0.4 is 5.32 Å². The number of carbonyl (C=O) groups is 2. The summed E-state index contributed by atoms with van der Waals surface area (Å²) in [6, 6.07) is 7.85. The minimum absolute atomic E-state index is 0.0198. The fraction of sp³-hybridized carbons (Fsp3) is 0.500. The number of hydrogen-bond donors (Lipinski definition) is 1. The van der Waals surface area contributed by atoms with Crippen molar-refractivity contribution < 1.29 is 9.59 Å². The molecule has 0 atom stereocenters. The van der Waals surface area contributed by atoms with Crippen molar-refractivity contribution in [3.8, 4) is 0 Å². The molecule has 0 aliphatic rings. The Balaban J connectivity index is 3.09. The predicted octanol–water partition coefficient (Wildman–Crippen LogP) is 2.83. The van der Waals surface area contributed by atoms with Crippen LogP contribution in [-0.4, -0.2) is 28.7 Å². The molecule has 1 rings (SSSR count). The van der Waals surface area contributed by atoms with E-state index in [0.29, 0.717) is 6.54 Å². The van der Waals surface area contributed by atoms with E-state index < -0.39 is 5.54 Å². The van der Waals surface area contributed by atoms with Crippen LogP contribution in [0.4, 0.5) is 5.69 Å². The lowest BCUT2D eigenvalue weighted by molar-refractivity contribution is -0.143. The van der Waals surface area contributed by atoms with Gasteiger partial charge in [-0.05, 0) is 39.3 Å². The zero-order valence-corrected chi connectivity index (χ0v) is 13.0. The molecule has 4 heteroatoms. The van der Waals surface area contributed by atoms with Crippen molar-refractivity contribution in [2.24, 2.45) is 0 Å². The van der Waals surface area contributed by atoms with Crippen LogP contribution in [0, 0.1) is 0 Å². The quantitative estimate of drug-likeness (QED) is 0.869. The van der Waals surface area contributed by atoms with Gasteiger partial charge in [-0.15, -0.1) is 0 Å². The van der Waals surface area contributed by atoms with E-state index in [1.54, 1.807) is 18.7 Å². The summed E-state index contributed by atoms with van der Waals surface area (Å²) in [5.74, 6) is -0.120. The van der Waals surface area contributed by atoms with Crippen molar-refractivity contribution in [1.82, 2.24) is 4.90 Å². The average Bonchev–Trinajstić information content (AvgIpc) is 2.37. The molecule has 1 aromatic rings. The number of para-hydroxylation sites is 1. The molecule has 0 saturated heterocycles. The SMILES string of the molecule is CCNc1ccccc1CN(C(C)=O)C(C)(C)C(C)=O. The summed E-state index contributed by atoms with van der Waals surface area (Å²) < 4.78 is 0. The van der Waals surface area contributed by atoms with Crippen molar-refractivity contribution in [3.05, 3.63) is 29.8 Å². The lowest BCUT2D eigenvalue weighted by Gasteiger charge is -2.36. The standard InChI is InChI=1S/C16H24N2O2/c1-6-17-15-10-8-7-9-14(15)11-18(13(3)20)16(4,5)12(2)19/h7-10,17H,6,11H2,1-5H3. The number of hydrogen-bond acceptors (Lipinski definition) is 3. The molecule has 0 heterocycles. The third kappa shape index (κ3) is 3.59. The Labute approximate surface area is 121 Å². The minimum Gasteiger partial charge on any atom is -0.385 e. The Bertz CT molecular complexity index is 495. The minimum atomic E-state index is -0.800. The first-order valence-electron chi connectivity index (χ1n) is 6.91. The average molecular weight is 276 g/mol. The summed E-state index contributed by atoms with van der Waals surface area (Å²) in [5, 5.41) is 3.28. The first-order valence-corrected chi connectivity index (χ1v) is 6.91. The smallest absolute Gasteiger partial charge is 0.220 e. The maximum absolute atomic E-state index is 11.9. The van der Waals surface area contributed by atoms with E-state index >= 15 is 0 Å². The molecule has 110 valence electrons. The molecular weight excluding hydrogens is 252 g/mol. The second kappa shape index (κ2) is 6.55. The molecule has 0 saturated carbocycles. The second-order valence-electron chi connectivity index (χ2n) is 5.41. The molecule has 1 amide bonds. The van der Waals surface area contributed by atoms with Gasteiger partial charge in [0.15, 0.2) is 5.78 Å². The van der Waals surface area contributed by atoms with Gasteiger partial charge in [-0.1, -0.05) is 18.2 Å². The topological polar surface area (TPSA) is 49.4 Å². The van der Waals surface area contributed by atoms with Crippen LogP contribution in [0.2, 0.25) is 0 Å². The molecule has 4 nitrogen and oxygen atoms in total. The monoisotopic (exact) mass is 276 g/mol. The normalized spacial score (nSPS) is 11.1. The van der Waals surface area contributed by atoms with E-state index in [9.17, 15) is 9.59 Å². The zero-order valence-electron chi connectivity index (χ0n) is 13.0. The molecular formula is C16H24N2O2. The van der Waals surface area contributed by atoms with Crippen LogP contribution in [-0.2, 0) is 16.1 Å². The molecule has 0 fully saturated rings. The highest BCUT2D eigenvalue weighted by Gasteiger charge is 2.33. The number of ketones is 1. The predicted molar refractivity (Wildman–Crippen MR) is 81.6 cm³/mol. The van der Waals surface area contributed by atoms with E-state index in [2.05, 4.69) is 5.32 Å². The molecule has 0 aromatic heterocycles. The van der Waals surface area contributed by atoms with Gasteiger partial charge in [0.1, 0.15) is 0 Å². The molecule has 0 aliphatic heterocycles. The van der Waals surface area contributed by atoms with Gasteiger partial charge in [-0.2, -0.15) is 0 Å². The first kappa shape index (κ1) is 16.2. The van der Waals surface area contributed by atoms with Crippen molar-refractivity contribution in [2.45, 2.75) is 46.7 Å². The van der Waals surface area contributed by atoms with Gasteiger partial charge in [0.25, 0.3) is 0 Å². The van der Waals surface area contributed by atoms with Crippen LogP contribution in [0.5, 0.6) is 0 Å². The molecule has 1 N–H and O–H groups in total. The number of nitrogens with one attached hydrogen (secondary N) is 1. The lowest BCUT2D eigenvalue weighted by Crippen LogP contribution is -2.51. The molecule has 0 radical (unpaired) electrons. The fourth-order valence-corrected chi connectivity index (χ4v) is 2.08. The highest BCUT2D eigenvalue weighted by atomic mass is 16.2. The Hall–Kier alpha value is -1.84. The van der Waals surface area contributed by atoms with Gasteiger partial charge in [0, 0.05) is 25.7 Å². The Kier molecular flexibility index (Phi) is 5.31. The molecule has 0 bridgehead atoms. The van der Waals surface area contributed by atoms with Crippen LogP contribution in [0.25, 0.3) is 0 Å². The van der Waals surface area contributed by atoms with Crippen LogP contribution in [0.15, 0.2) is 24.3 Å². The summed E-state index contributed by atoms with van der Waals surface area (Å²) >= 11 is 0. The fourth-order valence-electron chi connectivity index (χ4n) is 2.08. The van der Waals surface area contributed by atoms with Crippen LogP contribution in [0.1, 0.15) is 40.2 Å². The van der Waals surface area contributed by atoms with E-state index in [-0.39, 0.29) is 11.7 Å². The molecule has 0 unspecified atom stereocenters. The van der Waals surface area contributed by atoms with Gasteiger partial charge < -0.3 is 10.2 Å². The largest absolute Gasteiger partial charge is 0.385 e. The van der Waals surface area contributed by atoms with Crippen LogP contribution >= 0.6 is 0 Å². The maximum Gasteiger partial charge on any atom is 0.220 e. The number of carbonyl (C=O) groups excluding carboxylic acids is 2. The van der Waals surface area contributed by atoms with Gasteiger partial charge in [0.05, 0.1) is 5.54 Å². The molecule has 0 spiro atoms. The van der Waals surface area contributed by atoms with Crippen molar-refractivity contribution in [1.29, 1.82) is 0 Å². The van der Waals surface area contributed by atoms with Crippen LogP contribution in [0.3, 0.4) is 0 Å². The van der Waals surface area contributed by atoms with E-state index in [0.717, 1.165) is 17.8 Å². The Morgan fingerprint density at radius 3 is 2.30 bits per heavy atom. The van der Waals surface area contributed by atoms with Crippen molar-refractivity contribution in [3.63, 3.8) is 0 Å². The summed E-state index contributed by atoms with van der Waals surface area (Å²) in [7, 11) is 0. The number of nitrogens with zero attached hydrogens (tertiary/aromatic N) is 1. The number of amides is 1. The lowest BCUT2D eigenvalue weighted by atomic mass is 9.96.